The lowest BCUT2D eigenvalue weighted by molar-refractivity contribution is 0.0322. The fourth-order valence-electron chi connectivity index (χ4n) is 3.71. The molecule has 2 aromatic carbocycles. The Bertz CT molecular complexity index is 1260. The molecule has 2 aromatic heterocycles. The van der Waals surface area contributed by atoms with Gasteiger partial charge >= 0.3 is 0 Å². The number of fused-ring (bicyclic) bond motifs is 1. The van der Waals surface area contributed by atoms with E-state index in [1.54, 1.807) is 29.7 Å². The summed E-state index contributed by atoms with van der Waals surface area (Å²) in [7, 11) is 0. The number of pyridine rings is 1. The summed E-state index contributed by atoms with van der Waals surface area (Å²) in [4.78, 5) is 7.84. The maximum Gasteiger partial charge on any atom is 0.167 e. The molecule has 0 spiro atoms. The Morgan fingerprint density at radius 3 is 2.79 bits per heavy atom. The normalized spacial score (nSPS) is 14.5. The van der Waals surface area contributed by atoms with Gasteiger partial charge in [0.05, 0.1) is 23.4 Å². The van der Waals surface area contributed by atoms with Crippen molar-refractivity contribution in [2.75, 3.05) is 45.2 Å². The van der Waals surface area contributed by atoms with Crippen LogP contribution in [0.25, 0.3) is 20.7 Å². The number of thiophene rings is 1. The van der Waals surface area contributed by atoms with Crippen molar-refractivity contribution in [3.8, 4) is 27.7 Å². The van der Waals surface area contributed by atoms with E-state index >= 15 is 0 Å². The predicted molar refractivity (Wildman–Crippen MR) is 129 cm³/mol. The number of aromatic nitrogens is 1. The molecule has 1 fully saturated rings. The van der Waals surface area contributed by atoms with Gasteiger partial charge in [-0.15, -0.1) is 11.3 Å². The second kappa shape index (κ2) is 9.74. The van der Waals surface area contributed by atoms with E-state index in [-0.39, 0.29) is 5.75 Å². The molecule has 170 valence electrons. The van der Waals surface area contributed by atoms with Crippen LogP contribution in [0.5, 0.6) is 17.2 Å². The Morgan fingerprint density at radius 1 is 1.06 bits per heavy atom. The van der Waals surface area contributed by atoms with Gasteiger partial charge in [0.25, 0.3) is 0 Å². The summed E-state index contributed by atoms with van der Waals surface area (Å²) in [5.74, 6) is 1.01. The summed E-state index contributed by atoms with van der Waals surface area (Å²) in [5, 5.41) is 0. The molecule has 6 nitrogen and oxygen atoms in total. The standard InChI is InChI=1S/C25H24FN3O3S/c26-20-15-18(27)4-5-22(20)32-23-6-7-28-21-16-24(33-25(21)23)17-2-1-3-19(14-17)31-13-10-29-8-11-30-12-9-29/h1-7,14-16H,8-13,27H2. The van der Waals surface area contributed by atoms with E-state index in [0.717, 1.165) is 59.3 Å². The lowest BCUT2D eigenvalue weighted by Gasteiger charge is -2.26. The Morgan fingerprint density at radius 2 is 1.94 bits per heavy atom. The highest BCUT2D eigenvalue weighted by molar-refractivity contribution is 7.22. The highest BCUT2D eigenvalue weighted by atomic mass is 32.1. The van der Waals surface area contributed by atoms with Crippen molar-refractivity contribution in [2.45, 2.75) is 0 Å². The zero-order chi connectivity index (χ0) is 22.6. The Kier molecular flexibility index (Phi) is 6.39. The second-order valence-electron chi connectivity index (χ2n) is 7.76. The highest BCUT2D eigenvalue weighted by Crippen LogP contribution is 2.40. The molecule has 3 heterocycles. The van der Waals surface area contributed by atoms with Crippen LogP contribution < -0.4 is 15.2 Å². The van der Waals surface area contributed by atoms with Gasteiger partial charge in [0, 0.05) is 48.5 Å². The van der Waals surface area contributed by atoms with E-state index in [2.05, 4.69) is 9.88 Å². The monoisotopic (exact) mass is 465 g/mol. The number of morpholine rings is 1. The number of anilines is 1. The summed E-state index contributed by atoms with van der Waals surface area (Å²) >= 11 is 1.55. The zero-order valence-corrected chi connectivity index (χ0v) is 18.8. The first-order valence-electron chi connectivity index (χ1n) is 10.8. The van der Waals surface area contributed by atoms with Crippen molar-refractivity contribution in [2.24, 2.45) is 0 Å². The van der Waals surface area contributed by atoms with Gasteiger partial charge in [0.1, 0.15) is 18.1 Å². The van der Waals surface area contributed by atoms with Crippen LogP contribution in [0, 0.1) is 5.82 Å². The Hall–Kier alpha value is -3.20. The summed E-state index contributed by atoms with van der Waals surface area (Å²) in [6.07, 6.45) is 1.66. The number of nitrogens with two attached hydrogens (primary N) is 1. The smallest absolute Gasteiger partial charge is 0.167 e. The lowest BCUT2D eigenvalue weighted by atomic mass is 10.2. The molecular weight excluding hydrogens is 441 g/mol. The number of hydrogen-bond acceptors (Lipinski definition) is 7. The molecule has 5 rings (SSSR count). The second-order valence-corrected chi connectivity index (χ2v) is 8.81. The number of nitrogens with zero attached hydrogens (tertiary/aromatic N) is 2. The van der Waals surface area contributed by atoms with Gasteiger partial charge in [-0.3, -0.25) is 9.88 Å². The molecular formula is C25H24FN3O3S. The first-order chi connectivity index (χ1) is 16.2. The van der Waals surface area contributed by atoms with Crippen LogP contribution in [0.15, 0.2) is 60.8 Å². The molecule has 1 aliphatic rings. The van der Waals surface area contributed by atoms with Crippen molar-refractivity contribution in [1.82, 2.24) is 9.88 Å². The topological polar surface area (TPSA) is 69.8 Å². The van der Waals surface area contributed by atoms with Gasteiger partial charge in [0.15, 0.2) is 11.6 Å². The van der Waals surface area contributed by atoms with E-state index in [0.29, 0.717) is 18.0 Å². The summed E-state index contributed by atoms with van der Waals surface area (Å²) in [6, 6.07) is 16.2. The van der Waals surface area contributed by atoms with Gasteiger partial charge in [-0.1, -0.05) is 12.1 Å². The predicted octanol–water partition coefficient (Wildman–Crippen LogP) is 5.19. The molecule has 4 aromatic rings. The molecule has 0 unspecified atom stereocenters. The summed E-state index contributed by atoms with van der Waals surface area (Å²) < 4.78 is 32.3. The van der Waals surface area contributed by atoms with Crippen molar-refractivity contribution in [3.05, 3.63) is 66.6 Å². The molecule has 0 atom stereocenters. The van der Waals surface area contributed by atoms with Crippen LogP contribution in [0.1, 0.15) is 0 Å². The van der Waals surface area contributed by atoms with Gasteiger partial charge < -0.3 is 19.9 Å². The van der Waals surface area contributed by atoms with E-state index in [1.165, 1.54) is 12.1 Å². The molecule has 0 amide bonds. The van der Waals surface area contributed by atoms with E-state index in [1.807, 2.05) is 30.3 Å². The number of benzene rings is 2. The molecule has 0 saturated carbocycles. The quantitative estimate of drug-likeness (QED) is 0.379. The van der Waals surface area contributed by atoms with Crippen molar-refractivity contribution in [1.29, 1.82) is 0 Å². The van der Waals surface area contributed by atoms with Gasteiger partial charge in [-0.05, 0) is 35.9 Å². The fourth-order valence-corrected chi connectivity index (χ4v) is 4.77. The fraction of sp³-hybridized carbons (Fsp3) is 0.240. The first kappa shape index (κ1) is 21.6. The minimum Gasteiger partial charge on any atom is -0.492 e. The Balaban J connectivity index is 1.33. The molecule has 0 aliphatic carbocycles. The third kappa shape index (κ3) is 5.08. The van der Waals surface area contributed by atoms with E-state index < -0.39 is 5.82 Å². The lowest BCUT2D eigenvalue weighted by Crippen LogP contribution is -2.38. The number of hydrogen-bond donors (Lipinski definition) is 1. The molecule has 1 saturated heterocycles. The van der Waals surface area contributed by atoms with Gasteiger partial charge in [0.2, 0.25) is 0 Å². The maximum atomic E-state index is 14.2. The third-order valence-corrected chi connectivity index (χ3v) is 6.64. The molecule has 1 aliphatic heterocycles. The molecule has 0 bridgehead atoms. The van der Waals surface area contributed by atoms with Crippen LogP contribution >= 0.6 is 11.3 Å². The first-order valence-corrected chi connectivity index (χ1v) is 11.6. The molecule has 2 N–H and O–H groups in total. The number of halogens is 1. The molecule has 0 radical (unpaired) electrons. The van der Waals surface area contributed by atoms with Crippen LogP contribution in [0.4, 0.5) is 10.1 Å². The van der Waals surface area contributed by atoms with Crippen molar-refractivity contribution < 1.29 is 18.6 Å². The number of ether oxygens (including phenoxy) is 3. The average molecular weight is 466 g/mol. The van der Waals surface area contributed by atoms with Gasteiger partial charge in [-0.25, -0.2) is 4.39 Å². The van der Waals surface area contributed by atoms with E-state index in [9.17, 15) is 4.39 Å². The number of nitrogen functional groups attached to an aromatic ring is 1. The third-order valence-electron chi connectivity index (χ3n) is 5.45. The molecule has 33 heavy (non-hydrogen) atoms. The van der Waals surface area contributed by atoms with Gasteiger partial charge in [-0.2, -0.15) is 0 Å². The Labute approximate surface area is 195 Å². The van der Waals surface area contributed by atoms with Crippen LogP contribution in [0.3, 0.4) is 0 Å². The summed E-state index contributed by atoms with van der Waals surface area (Å²) in [5.41, 5.74) is 7.82. The average Bonchev–Trinajstić information content (AvgIpc) is 3.27. The number of rotatable bonds is 7. The SMILES string of the molecule is Nc1ccc(Oc2ccnc3cc(-c4cccc(OCCN5CCOCC5)c4)sc23)c(F)c1. The minimum absolute atomic E-state index is 0.127. The van der Waals surface area contributed by atoms with E-state index in [4.69, 9.17) is 19.9 Å². The van der Waals surface area contributed by atoms with Crippen molar-refractivity contribution >= 4 is 27.2 Å². The minimum atomic E-state index is -0.501. The van der Waals surface area contributed by atoms with Crippen LogP contribution in [0.2, 0.25) is 0 Å². The largest absolute Gasteiger partial charge is 0.492 e. The van der Waals surface area contributed by atoms with Crippen LogP contribution in [-0.2, 0) is 4.74 Å². The van der Waals surface area contributed by atoms with Crippen molar-refractivity contribution in [3.63, 3.8) is 0 Å². The summed E-state index contributed by atoms with van der Waals surface area (Å²) in [6.45, 7) is 4.97. The van der Waals surface area contributed by atoms with Crippen LogP contribution in [-0.4, -0.2) is 49.3 Å². The molecule has 8 heteroatoms. The maximum absolute atomic E-state index is 14.2. The zero-order valence-electron chi connectivity index (χ0n) is 18.0. The highest BCUT2D eigenvalue weighted by Gasteiger charge is 2.14.